The Hall–Kier alpha value is -6.90. The lowest BCUT2D eigenvalue weighted by atomic mass is 9.79. The first-order chi connectivity index (χ1) is 27.0. The van der Waals surface area contributed by atoms with Crippen LogP contribution >= 0.6 is 0 Å². The quantitative estimate of drug-likeness (QED) is 0.172. The molecular formula is C53H38N2. The summed E-state index contributed by atoms with van der Waals surface area (Å²) in [6.07, 6.45) is 0. The maximum Gasteiger partial charge on any atom is 0.160 e. The Bertz CT molecular complexity index is 2820. The van der Waals surface area contributed by atoms with Crippen molar-refractivity contribution in [2.75, 3.05) is 0 Å². The van der Waals surface area contributed by atoms with Crippen LogP contribution in [0, 0.1) is 0 Å². The Morgan fingerprint density at radius 2 is 0.873 bits per heavy atom. The first kappa shape index (κ1) is 32.7. The van der Waals surface area contributed by atoms with Crippen LogP contribution in [-0.2, 0) is 5.41 Å². The Balaban J connectivity index is 1.18. The molecule has 0 fully saturated rings. The lowest BCUT2D eigenvalue weighted by molar-refractivity contribution is 0.666. The highest BCUT2D eigenvalue weighted by atomic mass is 14.9. The number of fused-ring (bicyclic) bond motifs is 5. The van der Waals surface area contributed by atoms with Crippen molar-refractivity contribution in [3.05, 3.63) is 205 Å². The molecule has 0 radical (unpaired) electrons. The van der Waals surface area contributed by atoms with Gasteiger partial charge in [-0.05, 0) is 103 Å². The molecular weight excluding hydrogens is 665 g/mol. The first-order valence-electron chi connectivity index (χ1n) is 19.0. The number of benzene rings is 8. The van der Waals surface area contributed by atoms with Crippen molar-refractivity contribution >= 4 is 10.8 Å². The van der Waals surface area contributed by atoms with Crippen LogP contribution < -0.4 is 0 Å². The van der Waals surface area contributed by atoms with Crippen molar-refractivity contribution in [3.8, 4) is 78.4 Å². The van der Waals surface area contributed by atoms with Crippen LogP contribution in [0.4, 0.5) is 0 Å². The molecule has 0 unspecified atom stereocenters. The highest BCUT2D eigenvalue weighted by Gasteiger charge is 2.38. The van der Waals surface area contributed by atoms with Gasteiger partial charge in [0.2, 0.25) is 0 Å². The van der Waals surface area contributed by atoms with E-state index < -0.39 is 0 Å². The molecule has 2 nitrogen and oxygen atoms in total. The molecule has 10 rings (SSSR count). The van der Waals surface area contributed by atoms with Crippen molar-refractivity contribution in [3.63, 3.8) is 0 Å². The Labute approximate surface area is 322 Å². The molecule has 0 atom stereocenters. The third-order valence-electron chi connectivity index (χ3n) is 11.2. The third-order valence-corrected chi connectivity index (χ3v) is 11.2. The van der Waals surface area contributed by atoms with Crippen molar-refractivity contribution in [2.24, 2.45) is 0 Å². The fraction of sp³-hybridized carbons (Fsp3) is 0.0566. The standard InChI is InChI=1S/C53H38N2/c1-53(2)47-28-15-14-27-45(47)50-46(33-39-23-12-13-26-44(39)51(50)53)38-24-16-25-40(29-38)48-34-49(55-52(54-48)37-21-10-5-11-22-37)43-31-41(35-17-6-3-7-18-35)30-42(32-43)36-19-8-4-9-20-36/h3-34H,1-2H3. The maximum atomic E-state index is 5.27. The van der Waals surface area contributed by atoms with Gasteiger partial charge in [-0.3, -0.25) is 0 Å². The van der Waals surface area contributed by atoms with Gasteiger partial charge in [-0.1, -0.05) is 172 Å². The van der Waals surface area contributed by atoms with E-state index in [1.807, 2.05) is 6.07 Å². The van der Waals surface area contributed by atoms with Gasteiger partial charge in [0.25, 0.3) is 0 Å². The Kier molecular flexibility index (Phi) is 7.85. The molecule has 260 valence electrons. The molecule has 1 aliphatic rings. The van der Waals surface area contributed by atoms with Gasteiger partial charge in [0.15, 0.2) is 5.82 Å². The third kappa shape index (κ3) is 5.75. The Morgan fingerprint density at radius 3 is 1.56 bits per heavy atom. The fourth-order valence-electron chi connectivity index (χ4n) is 8.56. The predicted octanol–water partition coefficient (Wildman–Crippen LogP) is 13.9. The van der Waals surface area contributed by atoms with E-state index in [9.17, 15) is 0 Å². The molecule has 0 bridgehead atoms. The van der Waals surface area contributed by atoms with E-state index in [-0.39, 0.29) is 5.41 Å². The summed E-state index contributed by atoms with van der Waals surface area (Å²) in [6, 6.07) is 69.5. The predicted molar refractivity (Wildman–Crippen MR) is 230 cm³/mol. The molecule has 0 N–H and O–H groups in total. The number of hydrogen-bond donors (Lipinski definition) is 0. The monoisotopic (exact) mass is 702 g/mol. The average Bonchev–Trinajstić information content (AvgIpc) is 3.50. The van der Waals surface area contributed by atoms with Crippen LogP contribution in [0.25, 0.3) is 89.2 Å². The van der Waals surface area contributed by atoms with Gasteiger partial charge in [0, 0.05) is 22.1 Å². The van der Waals surface area contributed by atoms with Gasteiger partial charge in [-0.15, -0.1) is 0 Å². The van der Waals surface area contributed by atoms with Gasteiger partial charge in [-0.25, -0.2) is 9.97 Å². The van der Waals surface area contributed by atoms with Crippen molar-refractivity contribution in [1.82, 2.24) is 9.97 Å². The molecule has 1 heterocycles. The second-order valence-corrected chi connectivity index (χ2v) is 15.0. The van der Waals surface area contributed by atoms with Crippen molar-refractivity contribution in [1.29, 1.82) is 0 Å². The minimum Gasteiger partial charge on any atom is -0.228 e. The summed E-state index contributed by atoms with van der Waals surface area (Å²) in [7, 11) is 0. The largest absolute Gasteiger partial charge is 0.228 e. The molecule has 0 spiro atoms. The number of rotatable bonds is 6. The summed E-state index contributed by atoms with van der Waals surface area (Å²) in [5, 5.41) is 2.57. The van der Waals surface area contributed by atoms with E-state index in [2.05, 4.69) is 202 Å². The van der Waals surface area contributed by atoms with Crippen LogP contribution in [0.15, 0.2) is 194 Å². The molecule has 2 heteroatoms. The minimum absolute atomic E-state index is 0.127. The zero-order valence-corrected chi connectivity index (χ0v) is 30.9. The highest BCUT2D eigenvalue weighted by Crippen LogP contribution is 2.55. The minimum atomic E-state index is -0.127. The topological polar surface area (TPSA) is 25.8 Å². The summed E-state index contributed by atoms with van der Waals surface area (Å²) in [5.41, 5.74) is 17.2. The van der Waals surface area contributed by atoms with Crippen LogP contribution in [-0.4, -0.2) is 9.97 Å². The zero-order valence-electron chi connectivity index (χ0n) is 30.9. The summed E-state index contributed by atoms with van der Waals surface area (Å²) >= 11 is 0. The summed E-state index contributed by atoms with van der Waals surface area (Å²) in [4.78, 5) is 10.5. The summed E-state index contributed by atoms with van der Waals surface area (Å²) < 4.78 is 0. The van der Waals surface area contributed by atoms with Gasteiger partial charge in [0.1, 0.15) is 0 Å². The van der Waals surface area contributed by atoms with E-state index in [4.69, 9.17) is 9.97 Å². The molecule has 1 aliphatic carbocycles. The van der Waals surface area contributed by atoms with Crippen LogP contribution in [0.1, 0.15) is 25.0 Å². The highest BCUT2D eigenvalue weighted by molar-refractivity contribution is 6.05. The van der Waals surface area contributed by atoms with Crippen LogP contribution in [0.3, 0.4) is 0 Å². The van der Waals surface area contributed by atoms with Crippen LogP contribution in [0.2, 0.25) is 0 Å². The number of hydrogen-bond acceptors (Lipinski definition) is 2. The average molecular weight is 703 g/mol. The number of nitrogens with zero attached hydrogens (tertiary/aromatic N) is 2. The molecule has 0 saturated carbocycles. The zero-order chi connectivity index (χ0) is 36.9. The van der Waals surface area contributed by atoms with Gasteiger partial charge in [0.05, 0.1) is 11.4 Å². The molecule has 55 heavy (non-hydrogen) atoms. The summed E-state index contributed by atoms with van der Waals surface area (Å²) in [5.74, 6) is 0.701. The maximum absolute atomic E-state index is 5.27. The smallest absolute Gasteiger partial charge is 0.160 e. The lowest BCUT2D eigenvalue weighted by Gasteiger charge is -2.24. The molecule has 0 saturated heterocycles. The van der Waals surface area contributed by atoms with Gasteiger partial charge in [-0.2, -0.15) is 0 Å². The SMILES string of the molecule is CC1(C)c2ccccc2-c2c(-c3cccc(-c4cc(-c5cc(-c6ccccc6)cc(-c6ccccc6)c5)nc(-c5ccccc5)n4)c3)cc3ccccc3c21. The van der Waals surface area contributed by atoms with E-state index in [0.717, 1.165) is 39.2 Å². The van der Waals surface area contributed by atoms with Gasteiger partial charge >= 0.3 is 0 Å². The van der Waals surface area contributed by atoms with Crippen molar-refractivity contribution in [2.45, 2.75) is 19.3 Å². The second kappa shape index (κ2) is 13.2. The normalized spacial score (nSPS) is 12.7. The number of aromatic nitrogens is 2. The molecule has 9 aromatic rings. The van der Waals surface area contributed by atoms with Crippen molar-refractivity contribution < 1.29 is 0 Å². The molecule has 8 aromatic carbocycles. The molecule has 1 aromatic heterocycles. The van der Waals surface area contributed by atoms with E-state index in [1.54, 1.807) is 0 Å². The second-order valence-electron chi connectivity index (χ2n) is 15.0. The fourth-order valence-corrected chi connectivity index (χ4v) is 8.56. The Morgan fingerprint density at radius 1 is 0.364 bits per heavy atom. The molecule has 0 amide bonds. The van der Waals surface area contributed by atoms with E-state index >= 15 is 0 Å². The van der Waals surface area contributed by atoms with E-state index in [0.29, 0.717) is 5.82 Å². The van der Waals surface area contributed by atoms with Gasteiger partial charge < -0.3 is 0 Å². The van der Waals surface area contributed by atoms with E-state index in [1.165, 1.54) is 55.3 Å². The lowest BCUT2D eigenvalue weighted by Crippen LogP contribution is -2.15. The summed E-state index contributed by atoms with van der Waals surface area (Å²) in [6.45, 7) is 4.74. The first-order valence-corrected chi connectivity index (χ1v) is 19.0. The van der Waals surface area contributed by atoms with Crippen LogP contribution in [0.5, 0.6) is 0 Å². The molecule has 0 aliphatic heterocycles.